The molecule has 1 aliphatic rings. The fourth-order valence-electron chi connectivity index (χ4n) is 1.97. The molecule has 18 heavy (non-hydrogen) atoms. The van der Waals surface area contributed by atoms with Gasteiger partial charge in [0.25, 0.3) is 11.6 Å². The summed E-state index contributed by atoms with van der Waals surface area (Å²) >= 11 is 3.24. The molecule has 5 nitrogen and oxygen atoms in total. The molecule has 1 amide bonds. The molecule has 0 bridgehead atoms. The van der Waals surface area contributed by atoms with Crippen LogP contribution in [-0.4, -0.2) is 16.4 Å². The fraction of sp³-hybridized carbons (Fsp3) is 0.417. The Balaban J connectivity index is 2.23. The molecule has 1 N–H and O–H groups in total. The first-order chi connectivity index (χ1) is 8.41. The Morgan fingerprint density at radius 2 is 2.17 bits per heavy atom. The summed E-state index contributed by atoms with van der Waals surface area (Å²) in [6.45, 7) is 1.99. The molecule has 0 aromatic heterocycles. The van der Waals surface area contributed by atoms with E-state index in [1.807, 2.05) is 6.92 Å². The highest BCUT2D eigenvalue weighted by molar-refractivity contribution is 9.10. The van der Waals surface area contributed by atoms with Crippen molar-refractivity contribution in [3.05, 3.63) is 38.3 Å². The number of hydrogen-bond acceptors (Lipinski definition) is 3. The highest BCUT2D eigenvalue weighted by atomic mass is 79.9. The predicted molar refractivity (Wildman–Crippen MR) is 70.5 cm³/mol. The van der Waals surface area contributed by atoms with E-state index in [0.29, 0.717) is 10.0 Å². The number of carbonyl (C=O) groups is 1. The van der Waals surface area contributed by atoms with Crippen LogP contribution >= 0.6 is 15.9 Å². The van der Waals surface area contributed by atoms with Crippen LogP contribution in [0.3, 0.4) is 0 Å². The number of benzene rings is 1. The maximum Gasteiger partial charge on any atom is 0.270 e. The molecule has 0 aliphatic heterocycles. The number of amides is 1. The Labute approximate surface area is 113 Å². The molecular weight excluding hydrogens is 300 g/mol. The van der Waals surface area contributed by atoms with Crippen molar-refractivity contribution in [2.24, 2.45) is 0 Å². The Kier molecular flexibility index (Phi) is 3.38. The van der Waals surface area contributed by atoms with E-state index >= 15 is 0 Å². The number of nitro groups is 1. The zero-order chi connectivity index (χ0) is 13.3. The van der Waals surface area contributed by atoms with Crippen molar-refractivity contribution in [1.82, 2.24) is 5.32 Å². The lowest BCUT2D eigenvalue weighted by atomic mass is 9.78. The SMILES string of the molecule is CC1(NC(=O)c2cc([N+](=O)[O-])ccc2Br)CCC1. The molecule has 0 atom stereocenters. The average Bonchev–Trinajstić information content (AvgIpc) is 2.27. The van der Waals surface area contributed by atoms with E-state index in [9.17, 15) is 14.9 Å². The summed E-state index contributed by atoms with van der Waals surface area (Å²) in [5.41, 5.74) is 0.0562. The lowest BCUT2D eigenvalue weighted by Crippen LogP contribution is -2.51. The van der Waals surface area contributed by atoms with Crippen LogP contribution in [0.4, 0.5) is 5.69 Å². The third kappa shape index (κ3) is 2.53. The lowest BCUT2D eigenvalue weighted by Gasteiger charge is -2.39. The second-order valence-corrected chi connectivity index (χ2v) is 5.64. The normalized spacial score (nSPS) is 16.8. The Hall–Kier alpha value is -1.43. The number of rotatable bonds is 3. The largest absolute Gasteiger partial charge is 0.347 e. The second kappa shape index (κ2) is 4.68. The number of hydrogen-bond donors (Lipinski definition) is 1. The lowest BCUT2D eigenvalue weighted by molar-refractivity contribution is -0.384. The van der Waals surface area contributed by atoms with Gasteiger partial charge >= 0.3 is 0 Å². The van der Waals surface area contributed by atoms with E-state index in [1.54, 1.807) is 0 Å². The van der Waals surface area contributed by atoms with Gasteiger partial charge in [-0.05, 0) is 48.2 Å². The van der Waals surface area contributed by atoms with E-state index in [1.165, 1.54) is 18.2 Å². The molecule has 1 fully saturated rings. The highest BCUT2D eigenvalue weighted by Crippen LogP contribution is 2.32. The Morgan fingerprint density at radius 1 is 1.50 bits per heavy atom. The summed E-state index contributed by atoms with van der Waals surface area (Å²) in [5.74, 6) is -0.271. The molecule has 96 valence electrons. The Bertz CT molecular complexity index is 512. The number of nitrogens with zero attached hydrogens (tertiary/aromatic N) is 1. The smallest absolute Gasteiger partial charge is 0.270 e. The number of halogens is 1. The molecule has 0 unspecified atom stereocenters. The Morgan fingerprint density at radius 3 is 2.67 bits per heavy atom. The monoisotopic (exact) mass is 312 g/mol. The molecule has 1 aliphatic carbocycles. The summed E-state index contributed by atoms with van der Waals surface area (Å²) in [6, 6.07) is 4.18. The van der Waals surface area contributed by atoms with Gasteiger partial charge in [-0.15, -0.1) is 0 Å². The summed E-state index contributed by atoms with van der Waals surface area (Å²) in [7, 11) is 0. The molecule has 0 spiro atoms. The maximum absolute atomic E-state index is 12.1. The van der Waals surface area contributed by atoms with Gasteiger partial charge in [0.1, 0.15) is 0 Å². The molecule has 1 aromatic rings. The van der Waals surface area contributed by atoms with Crippen LogP contribution in [0.5, 0.6) is 0 Å². The fourth-order valence-corrected chi connectivity index (χ4v) is 2.40. The number of nitro benzene ring substituents is 1. The quantitative estimate of drug-likeness (QED) is 0.688. The zero-order valence-corrected chi connectivity index (χ0v) is 11.5. The third-order valence-corrected chi connectivity index (χ3v) is 3.97. The van der Waals surface area contributed by atoms with Crippen LogP contribution < -0.4 is 5.32 Å². The van der Waals surface area contributed by atoms with Crippen molar-refractivity contribution < 1.29 is 9.72 Å². The molecule has 0 radical (unpaired) electrons. The summed E-state index contributed by atoms with van der Waals surface area (Å²) in [6.07, 6.45) is 3.00. The molecule has 1 aromatic carbocycles. The van der Waals surface area contributed by atoms with Crippen LogP contribution in [-0.2, 0) is 0 Å². The highest BCUT2D eigenvalue weighted by Gasteiger charge is 2.33. The summed E-state index contributed by atoms with van der Waals surface area (Å²) < 4.78 is 0.563. The molecule has 0 heterocycles. The van der Waals surface area contributed by atoms with Crippen LogP contribution in [0.15, 0.2) is 22.7 Å². The minimum Gasteiger partial charge on any atom is -0.347 e. The van der Waals surface area contributed by atoms with Crippen molar-refractivity contribution in [2.45, 2.75) is 31.7 Å². The van der Waals surface area contributed by atoms with E-state index in [0.717, 1.165) is 19.3 Å². The van der Waals surface area contributed by atoms with Crippen LogP contribution in [0.25, 0.3) is 0 Å². The van der Waals surface area contributed by atoms with E-state index in [4.69, 9.17) is 0 Å². The van der Waals surface area contributed by atoms with Gasteiger partial charge in [-0.25, -0.2) is 0 Å². The average molecular weight is 313 g/mol. The van der Waals surface area contributed by atoms with Crippen LogP contribution in [0.1, 0.15) is 36.5 Å². The first-order valence-electron chi connectivity index (χ1n) is 5.68. The van der Waals surface area contributed by atoms with Gasteiger partial charge in [0.05, 0.1) is 10.5 Å². The summed E-state index contributed by atoms with van der Waals surface area (Å²) in [4.78, 5) is 22.3. The predicted octanol–water partition coefficient (Wildman–Crippen LogP) is 3.03. The standard InChI is InChI=1S/C12H13BrN2O3/c1-12(5-2-6-12)14-11(16)9-7-8(15(17)18)3-4-10(9)13/h3-4,7H,2,5-6H2,1H3,(H,14,16). The van der Waals surface area contributed by atoms with Gasteiger partial charge < -0.3 is 5.32 Å². The van der Waals surface area contributed by atoms with Crippen molar-refractivity contribution >= 4 is 27.5 Å². The van der Waals surface area contributed by atoms with E-state index < -0.39 is 4.92 Å². The van der Waals surface area contributed by atoms with E-state index in [2.05, 4.69) is 21.2 Å². The van der Waals surface area contributed by atoms with Gasteiger partial charge in [0.2, 0.25) is 0 Å². The molecule has 6 heteroatoms. The number of nitrogens with one attached hydrogen (secondary N) is 1. The minimum atomic E-state index is -0.506. The van der Waals surface area contributed by atoms with Gasteiger partial charge in [-0.2, -0.15) is 0 Å². The second-order valence-electron chi connectivity index (χ2n) is 4.79. The van der Waals surface area contributed by atoms with Crippen LogP contribution in [0.2, 0.25) is 0 Å². The molecule has 2 rings (SSSR count). The summed E-state index contributed by atoms with van der Waals surface area (Å²) in [5, 5.41) is 13.6. The minimum absolute atomic E-state index is 0.0814. The number of non-ortho nitro benzene ring substituents is 1. The van der Waals surface area contributed by atoms with Gasteiger partial charge in [0.15, 0.2) is 0 Å². The molecule has 0 saturated heterocycles. The first-order valence-corrected chi connectivity index (χ1v) is 6.47. The number of carbonyl (C=O) groups excluding carboxylic acids is 1. The first kappa shape index (κ1) is 13.0. The van der Waals surface area contributed by atoms with Crippen LogP contribution in [0, 0.1) is 10.1 Å². The molecular formula is C12H13BrN2O3. The topological polar surface area (TPSA) is 72.2 Å². The third-order valence-electron chi connectivity index (χ3n) is 3.28. The molecule has 1 saturated carbocycles. The van der Waals surface area contributed by atoms with Crippen molar-refractivity contribution in [2.75, 3.05) is 0 Å². The van der Waals surface area contributed by atoms with Crippen molar-refractivity contribution in [3.63, 3.8) is 0 Å². The van der Waals surface area contributed by atoms with Gasteiger partial charge in [0, 0.05) is 22.1 Å². The van der Waals surface area contributed by atoms with Crippen molar-refractivity contribution in [1.29, 1.82) is 0 Å². The van der Waals surface area contributed by atoms with Gasteiger partial charge in [-0.1, -0.05) is 0 Å². The van der Waals surface area contributed by atoms with E-state index in [-0.39, 0.29) is 17.1 Å². The van der Waals surface area contributed by atoms with Gasteiger partial charge in [-0.3, -0.25) is 14.9 Å². The van der Waals surface area contributed by atoms with Crippen molar-refractivity contribution in [3.8, 4) is 0 Å². The zero-order valence-electron chi connectivity index (χ0n) is 9.90. The maximum atomic E-state index is 12.1.